The van der Waals surface area contributed by atoms with Gasteiger partial charge in [0.05, 0.1) is 13.2 Å². The first-order valence-corrected chi connectivity index (χ1v) is 7.24. The third kappa shape index (κ3) is 3.67. The Bertz CT molecular complexity index is 426. The van der Waals surface area contributed by atoms with E-state index in [1.807, 2.05) is 13.1 Å². The molecule has 1 aliphatic heterocycles. The second-order valence-electron chi connectivity index (χ2n) is 5.52. The van der Waals surface area contributed by atoms with Gasteiger partial charge in [0.1, 0.15) is 11.9 Å². The van der Waals surface area contributed by atoms with Crippen LogP contribution in [-0.2, 0) is 11.3 Å². The number of rotatable bonds is 5. The van der Waals surface area contributed by atoms with Gasteiger partial charge in [-0.05, 0) is 19.8 Å². The number of aryl methyl sites for hydroxylation is 1. The van der Waals surface area contributed by atoms with E-state index in [1.165, 1.54) is 18.4 Å². The van der Waals surface area contributed by atoms with E-state index in [2.05, 4.69) is 16.4 Å². The highest BCUT2D eigenvalue weighted by molar-refractivity contribution is 5.33. The Hall–Kier alpha value is -1.13. The molecule has 0 atom stereocenters. The number of nitrogens with one attached hydrogen (secondary N) is 1. The van der Waals surface area contributed by atoms with Gasteiger partial charge in [-0.25, -0.2) is 0 Å². The lowest BCUT2D eigenvalue weighted by molar-refractivity contribution is 0.0251. The molecule has 1 aromatic heterocycles. The molecule has 1 saturated heterocycles. The molecule has 104 valence electrons. The molecule has 0 aromatic carbocycles. The molecule has 4 heteroatoms. The fraction of sp³-hybridized carbons (Fsp3) is 0.667. The van der Waals surface area contributed by atoms with Crippen molar-refractivity contribution in [3.05, 3.63) is 23.5 Å². The first-order valence-electron chi connectivity index (χ1n) is 7.24. The van der Waals surface area contributed by atoms with Crippen molar-refractivity contribution in [2.75, 3.05) is 13.2 Å². The maximum atomic E-state index is 6.16. The van der Waals surface area contributed by atoms with Crippen molar-refractivity contribution in [2.45, 2.75) is 51.3 Å². The Morgan fingerprint density at radius 3 is 2.84 bits per heavy atom. The van der Waals surface area contributed by atoms with Crippen molar-refractivity contribution in [2.24, 2.45) is 0 Å². The van der Waals surface area contributed by atoms with Crippen LogP contribution in [0, 0.1) is 6.92 Å². The van der Waals surface area contributed by atoms with Crippen molar-refractivity contribution < 1.29 is 9.47 Å². The summed E-state index contributed by atoms with van der Waals surface area (Å²) < 4.78 is 11.5. The summed E-state index contributed by atoms with van der Waals surface area (Å²) in [5, 5.41) is 3.53. The molecule has 2 fully saturated rings. The van der Waals surface area contributed by atoms with Crippen LogP contribution in [0.5, 0.6) is 5.75 Å². The summed E-state index contributed by atoms with van der Waals surface area (Å²) in [7, 11) is 0. The molecule has 2 aliphatic rings. The molecule has 0 bridgehead atoms. The van der Waals surface area contributed by atoms with Crippen molar-refractivity contribution in [3.63, 3.8) is 0 Å². The summed E-state index contributed by atoms with van der Waals surface area (Å²) in [4.78, 5) is 4.39. The third-order valence-electron chi connectivity index (χ3n) is 3.70. The topological polar surface area (TPSA) is 43.4 Å². The fourth-order valence-corrected chi connectivity index (χ4v) is 2.32. The van der Waals surface area contributed by atoms with Gasteiger partial charge in [-0.15, -0.1) is 0 Å². The highest BCUT2D eigenvalue weighted by Gasteiger charge is 2.22. The Kier molecular flexibility index (Phi) is 3.99. The van der Waals surface area contributed by atoms with Gasteiger partial charge in [0.25, 0.3) is 0 Å². The van der Waals surface area contributed by atoms with E-state index in [4.69, 9.17) is 9.47 Å². The Morgan fingerprint density at radius 1 is 1.32 bits per heavy atom. The Balaban J connectivity index is 1.67. The van der Waals surface area contributed by atoms with Crippen molar-refractivity contribution >= 4 is 0 Å². The lowest BCUT2D eigenvalue weighted by atomic mass is 10.1. The summed E-state index contributed by atoms with van der Waals surface area (Å²) in [6, 6.07) is 2.76. The number of hydrogen-bond donors (Lipinski definition) is 1. The molecule has 0 amide bonds. The van der Waals surface area contributed by atoms with Gasteiger partial charge in [0, 0.05) is 48.9 Å². The standard InChI is InChI=1S/C15H22N2O2/c1-11-8-15(19-14-4-6-18-7-5-14)12(9-16-11)10-17-13-2-3-13/h8-9,13-14,17H,2-7,10H2,1H3. The van der Waals surface area contributed by atoms with Gasteiger partial charge in [-0.3, -0.25) is 4.98 Å². The van der Waals surface area contributed by atoms with E-state index in [0.29, 0.717) is 6.04 Å². The highest BCUT2D eigenvalue weighted by Crippen LogP contribution is 2.25. The van der Waals surface area contributed by atoms with Crippen LogP contribution in [0.1, 0.15) is 36.9 Å². The second kappa shape index (κ2) is 5.88. The van der Waals surface area contributed by atoms with E-state index >= 15 is 0 Å². The number of pyridine rings is 1. The smallest absolute Gasteiger partial charge is 0.127 e. The van der Waals surface area contributed by atoms with Gasteiger partial charge in [-0.2, -0.15) is 0 Å². The number of nitrogens with zero attached hydrogens (tertiary/aromatic N) is 1. The molecule has 1 aromatic rings. The number of ether oxygens (including phenoxy) is 2. The Morgan fingerprint density at radius 2 is 2.11 bits per heavy atom. The summed E-state index contributed by atoms with van der Waals surface area (Å²) in [5.41, 5.74) is 2.18. The molecule has 0 unspecified atom stereocenters. The minimum Gasteiger partial charge on any atom is -0.490 e. The van der Waals surface area contributed by atoms with Crippen molar-refractivity contribution in [3.8, 4) is 5.75 Å². The van der Waals surface area contributed by atoms with E-state index in [9.17, 15) is 0 Å². The lowest BCUT2D eigenvalue weighted by Gasteiger charge is -2.24. The van der Waals surface area contributed by atoms with Gasteiger partial charge < -0.3 is 14.8 Å². The molecule has 0 radical (unpaired) electrons. The molecular weight excluding hydrogens is 240 g/mol. The minimum absolute atomic E-state index is 0.287. The van der Waals surface area contributed by atoms with Crippen LogP contribution in [-0.4, -0.2) is 30.3 Å². The zero-order valence-electron chi connectivity index (χ0n) is 11.5. The highest BCUT2D eigenvalue weighted by atomic mass is 16.5. The maximum Gasteiger partial charge on any atom is 0.127 e. The summed E-state index contributed by atoms with van der Waals surface area (Å²) in [5.74, 6) is 0.993. The quantitative estimate of drug-likeness (QED) is 0.883. The van der Waals surface area contributed by atoms with E-state index in [0.717, 1.165) is 44.0 Å². The van der Waals surface area contributed by atoms with Crippen LogP contribution in [0.25, 0.3) is 0 Å². The normalized spacial score (nSPS) is 20.5. The van der Waals surface area contributed by atoms with Crippen LogP contribution >= 0.6 is 0 Å². The molecule has 4 nitrogen and oxygen atoms in total. The third-order valence-corrected chi connectivity index (χ3v) is 3.70. The number of hydrogen-bond acceptors (Lipinski definition) is 4. The maximum absolute atomic E-state index is 6.16. The summed E-state index contributed by atoms with van der Waals surface area (Å²) >= 11 is 0. The molecule has 0 spiro atoms. The average Bonchev–Trinajstić information content (AvgIpc) is 3.23. The average molecular weight is 262 g/mol. The molecule has 19 heavy (non-hydrogen) atoms. The van der Waals surface area contributed by atoms with E-state index in [-0.39, 0.29) is 6.10 Å². The lowest BCUT2D eigenvalue weighted by Crippen LogP contribution is -2.27. The second-order valence-corrected chi connectivity index (χ2v) is 5.52. The van der Waals surface area contributed by atoms with Gasteiger partial charge >= 0.3 is 0 Å². The van der Waals surface area contributed by atoms with Gasteiger partial charge in [0.15, 0.2) is 0 Å². The van der Waals surface area contributed by atoms with Crippen LogP contribution in [0.4, 0.5) is 0 Å². The van der Waals surface area contributed by atoms with Crippen LogP contribution < -0.4 is 10.1 Å². The summed E-state index contributed by atoms with van der Waals surface area (Å²) in [6.07, 6.45) is 6.80. The first-order chi connectivity index (χ1) is 9.31. The van der Waals surface area contributed by atoms with E-state index < -0.39 is 0 Å². The predicted molar refractivity (Wildman–Crippen MR) is 73.3 cm³/mol. The minimum atomic E-state index is 0.287. The van der Waals surface area contributed by atoms with E-state index in [1.54, 1.807) is 0 Å². The monoisotopic (exact) mass is 262 g/mol. The molecule has 2 heterocycles. The number of aromatic nitrogens is 1. The zero-order valence-corrected chi connectivity index (χ0v) is 11.5. The van der Waals surface area contributed by atoms with Gasteiger partial charge in [-0.1, -0.05) is 0 Å². The first kappa shape index (κ1) is 12.9. The SMILES string of the molecule is Cc1cc(OC2CCOCC2)c(CNC2CC2)cn1. The molecular formula is C15H22N2O2. The zero-order chi connectivity index (χ0) is 13.1. The van der Waals surface area contributed by atoms with Gasteiger partial charge in [0.2, 0.25) is 0 Å². The van der Waals surface area contributed by atoms with Crippen LogP contribution in [0.2, 0.25) is 0 Å². The summed E-state index contributed by atoms with van der Waals surface area (Å²) in [6.45, 7) is 4.49. The fourth-order valence-electron chi connectivity index (χ4n) is 2.32. The van der Waals surface area contributed by atoms with Crippen molar-refractivity contribution in [1.82, 2.24) is 10.3 Å². The van der Waals surface area contributed by atoms with Crippen LogP contribution in [0.3, 0.4) is 0 Å². The molecule has 3 rings (SSSR count). The molecule has 1 aliphatic carbocycles. The van der Waals surface area contributed by atoms with Crippen LogP contribution in [0.15, 0.2) is 12.3 Å². The predicted octanol–water partition coefficient (Wildman–Crippen LogP) is 2.20. The largest absolute Gasteiger partial charge is 0.490 e. The molecule has 1 saturated carbocycles. The Labute approximate surface area is 114 Å². The van der Waals surface area contributed by atoms with Crippen molar-refractivity contribution in [1.29, 1.82) is 0 Å². The molecule has 1 N–H and O–H groups in total.